The van der Waals surface area contributed by atoms with Gasteiger partial charge in [0.2, 0.25) is 0 Å². The van der Waals surface area contributed by atoms with Crippen LogP contribution in [0.15, 0.2) is 18.2 Å². The Labute approximate surface area is 97.9 Å². The van der Waals surface area contributed by atoms with Crippen molar-refractivity contribution in [3.63, 3.8) is 0 Å². The molecule has 1 rings (SSSR count). The van der Waals surface area contributed by atoms with Gasteiger partial charge < -0.3 is 15.7 Å². The van der Waals surface area contributed by atoms with Crippen LogP contribution in [0.5, 0.6) is 0 Å². The third-order valence-electron chi connectivity index (χ3n) is 3.23. The van der Waals surface area contributed by atoms with Gasteiger partial charge in [-0.15, -0.1) is 0 Å². The first-order valence-electron chi connectivity index (χ1n) is 5.56. The van der Waals surface area contributed by atoms with Crippen LogP contribution in [-0.2, 0) is 6.54 Å². The monoisotopic (exact) mass is 222 g/mol. The number of hydrogen-bond donors (Lipinski definition) is 2. The Bertz CT molecular complexity index is 361. The van der Waals surface area contributed by atoms with Crippen molar-refractivity contribution < 1.29 is 5.11 Å². The Balaban J connectivity index is 3.02. The second kappa shape index (κ2) is 4.85. The number of aryl methyl sites for hydroxylation is 1. The third kappa shape index (κ3) is 2.54. The number of anilines is 1. The SMILES string of the molecule is Cc1cc(N(C)C(C)(C)CO)ccc1CN. The van der Waals surface area contributed by atoms with Gasteiger partial charge in [0.15, 0.2) is 0 Å². The molecule has 0 heterocycles. The van der Waals surface area contributed by atoms with Crippen molar-refractivity contribution in [2.24, 2.45) is 5.73 Å². The molecule has 0 saturated carbocycles. The van der Waals surface area contributed by atoms with Crippen molar-refractivity contribution in [2.45, 2.75) is 32.9 Å². The number of nitrogens with zero attached hydrogens (tertiary/aromatic N) is 1. The minimum atomic E-state index is -0.253. The lowest BCUT2D eigenvalue weighted by Gasteiger charge is -2.36. The average molecular weight is 222 g/mol. The Kier molecular flexibility index (Phi) is 3.94. The minimum Gasteiger partial charge on any atom is -0.394 e. The lowest BCUT2D eigenvalue weighted by molar-refractivity contribution is 0.216. The van der Waals surface area contributed by atoms with Crippen LogP contribution in [0.2, 0.25) is 0 Å². The maximum Gasteiger partial charge on any atom is 0.0658 e. The summed E-state index contributed by atoms with van der Waals surface area (Å²) in [6, 6.07) is 6.21. The highest BCUT2D eigenvalue weighted by atomic mass is 16.3. The van der Waals surface area contributed by atoms with Crippen LogP contribution in [0.25, 0.3) is 0 Å². The van der Waals surface area contributed by atoms with Gasteiger partial charge in [-0.2, -0.15) is 0 Å². The highest BCUT2D eigenvalue weighted by Gasteiger charge is 2.22. The molecule has 0 radical (unpaired) electrons. The standard InChI is InChI=1S/C13H22N2O/c1-10-7-12(6-5-11(10)8-14)15(4)13(2,3)9-16/h5-7,16H,8-9,14H2,1-4H3. The zero-order chi connectivity index (χ0) is 12.3. The van der Waals surface area contributed by atoms with E-state index in [0.29, 0.717) is 6.54 Å². The van der Waals surface area contributed by atoms with Gasteiger partial charge in [0.1, 0.15) is 0 Å². The molecule has 0 spiro atoms. The number of aliphatic hydroxyl groups is 1. The predicted octanol–water partition coefficient (Wildman–Crippen LogP) is 1.66. The van der Waals surface area contributed by atoms with Gasteiger partial charge in [0, 0.05) is 19.3 Å². The molecule has 0 saturated heterocycles. The molecule has 3 nitrogen and oxygen atoms in total. The largest absolute Gasteiger partial charge is 0.394 e. The second-order valence-electron chi connectivity index (χ2n) is 4.84. The van der Waals surface area contributed by atoms with Gasteiger partial charge in [-0.05, 0) is 44.0 Å². The average Bonchev–Trinajstić information content (AvgIpc) is 2.27. The quantitative estimate of drug-likeness (QED) is 0.814. The number of nitrogens with two attached hydrogens (primary N) is 1. The van der Waals surface area contributed by atoms with E-state index in [1.54, 1.807) is 0 Å². The zero-order valence-electron chi connectivity index (χ0n) is 10.6. The van der Waals surface area contributed by atoms with Gasteiger partial charge in [-0.1, -0.05) is 6.07 Å². The fourth-order valence-electron chi connectivity index (χ4n) is 1.57. The Morgan fingerprint density at radius 3 is 2.44 bits per heavy atom. The summed E-state index contributed by atoms with van der Waals surface area (Å²) in [6.07, 6.45) is 0. The summed E-state index contributed by atoms with van der Waals surface area (Å²) in [7, 11) is 1.99. The first kappa shape index (κ1) is 13.0. The lowest BCUT2D eigenvalue weighted by atomic mass is 10.0. The molecule has 90 valence electrons. The summed E-state index contributed by atoms with van der Waals surface area (Å²) in [6.45, 7) is 6.78. The maximum atomic E-state index is 9.33. The molecule has 0 aliphatic rings. The molecule has 0 bridgehead atoms. The molecule has 0 aliphatic carbocycles. The first-order chi connectivity index (χ1) is 7.42. The van der Waals surface area contributed by atoms with Crippen molar-refractivity contribution in [3.8, 4) is 0 Å². The number of likely N-dealkylation sites (N-methyl/N-ethyl adjacent to an activating group) is 1. The van der Waals surface area contributed by atoms with Crippen LogP contribution in [0.3, 0.4) is 0 Å². The van der Waals surface area contributed by atoms with Gasteiger partial charge in [0.25, 0.3) is 0 Å². The highest BCUT2D eigenvalue weighted by molar-refractivity contribution is 5.52. The van der Waals surface area contributed by atoms with E-state index in [1.807, 2.05) is 27.0 Å². The van der Waals surface area contributed by atoms with Crippen molar-refractivity contribution >= 4 is 5.69 Å². The highest BCUT2D eigenvalue weighted by Crippen LogP contribution is 2.24. The Hall–Kier alpha value is -1.06. The van der Waals surface area contributed by atoms with Crippen molar-refractivity contribution in [1.82, 2.24) is 0 Å². The molecule has 0 fully saturated rings. The summed E-state index contributed by atoms with van der Waals surface area (Å²) in [5.74, 6) is 0. The minimum absolute atomic E-state index is 0.126. The maximum absolute atomic E-state index is 9.33. The van der Waals surface area contributed by atoms with E-state index in [-0.39, 0.29) is 12.1 Å². The second-order valence-corrected chi connectivity index (χ2v) is 4.84. The smallest absolute Gasteiger partial charge is 0.0658 e. The Morgan fingerprint density at radius 2 is 2.00 bits per heavy atom. The Morgan fingerprint density at radius 1 is 1.38 bits per heavy atom. The molecule has 0 atom stereocenters. The normalized spacial score (nSPS) is 11.6. The van der Waals surface area contributed by atoms with Crippen LogP contribution in [0.4, 0.5) is 5.69 Å². The van der Waals surface area contributed by atoms with Gasteiger partial charge in [-0.25, -0.2) is 0 Å². The van der Waals surface area contributed by atoms with E-state index in [4.69, 9.17) is 5.73 Å². The summed E-state index contributed by atoms with van der Waals surface area (Å²) in [4.78, 5) is 2.08. The van der Waals surface area contributed by atoms with Crippen molar-refractivity contribution in [1.29, 1.82) is 0 Å². The molecule has 1 aromatic rings. The number of aliphatic hydroxyl groups excluding tert-OH is 1. The van der Waals surface area contributed by atoms with Crippen LogP contribution in [0, 0.1) is 6.92 Å². The lowest BCUT2D eigenvalue weighted by Crippen LogP contribution is -2.44. The van der Waals surface area contributed by atoms with Crippen molar-refractivity contribution in [2.75, 3.05) is 18.6 Å². The molecule has 0 aromatic heterocycles. The van der Waals surface area contributed by atoms with E-state index in [2.05, 4.69) is 24.0 Å². The number of hydrogen-bond acceptors (Lipinski definition) is 3. The molecular weight excluding hydrogens is 200 g/mol. The molecule has 3 heteroatoms. The van der Waals surface area contributed by atoms with Gasteiger partial charge >= 0.3 is 0 Å². The van der Waals surface area contributed by atoms with Crippen LogP contribution in [-0.4, -0.2) is 24.3 Å². The molecule has 0 aliphatic heterocycles. The molecule has 0 amide bonds. The van der Waals surface area contributed by atoms with E-state index >= 15 is 0 Å². The molecule has 0 unspecified atom stereocenters. The molecular formula is C13H22N2O. The summed E-state index contributed by atoms with van der Waals surface area (Å²) < 4.78 is 0. The van der Waals surface area contributed by atoms with E-state index in [9.17, 15) is 5.11 Å². The number of rotatable bonds is 4. The number of benzene rings is 1. The van der Waals surface area contributed by atoms with E-state index < -0.39 is 0 Å². The topological polar surface area (TPSA) is 49.5 Å². The third-order valence-corrected chi connectivity index (χ3v) is 3.23. The summed E-state index contributed by atoms with van der Waals surface area (Å²) in [5, 5.41) is 9.33. The summed E-state index contributed by atoms with van der Waals surface area (Å²) in [5.41, 5.74) is 8.85. The fraction of sp³-hybridized carbons (Fsp3) is 0.538. The van der Waals surface area contributed by atoms with Gasteiger partial charge in [-0.3, -0.25) is 0 Å². The molecule has 16 heavy (non-hydrogen) atoms. The van der Waals surface area contributed by atoms with Crippen LogP contribution >= 0.6 is 0 Å². The molecule has 3 N–H and O–H groups in total. The van der Waals surface area contributed by atoms with Crippen LogP contribution < -0.4 is 10.6 Å². The van der Waals surface area contributed by atoms with Crippen LogP contribution in [0.1, 0.15) is 25.0 Å². The van der Waals surface area contributed by atoms with Gasteiger partial charge in [0.05, 0.1) is 12.1 Å². The molecule has 1 aromatic carbocycles. The first-order valence-corrected chi connectivity index (χ1v) is 5.56. The zero-order valence-corrected chi connectivity index (χ0v) is 10.6. The summed E-state index contributed by atoms with van der Waals surface area (Å²) >= 11 is 0. The fourth-order valence-corrected chi connectivity index (χ4v) is 1.57. The predicted molar refractivity (Wildman–Crippen MR) is 68.6 cm³/mol. The van der Waals surface area contributed by atoms with Crippen molar-refractivity contribution in [3.05, 3.63) is 29.3 Å². The van der Waals surface area contributed by atoms with E-state index in [1.165, 1.54) is 11.1 Å². The van der Waals surface area contributed by atoms with E-state index in [0.717, 1.165) is 5.69 Å².